The normalized spacial score (nSPS) is 17.5. The molecule has 0 N–H and O–H groups in total. The maximum Gasteiger partial charge on any atom is 0.236 e. The minimum Gasteiger partial charge on any atom is -0.337 e. The molecule has 1 aliphatic rings. The minimum absolute atomic E-state index is 0.506. The molecule has 0 unspecified atom stereocenters. The van der Waals surface area contributed by atoms with Crippen LogP contribution in [0.1, 0.15) is 24.0 Å². The highest BCUT2D eigenvalue weighted by Crippen LogP contribution is 2.22. The Morgan fingerprint density at radius 1 is 1.21 bits per heavy atom. The van der Waals surface area contributed by atoms with Gasteiger partial charge in [-0.3, -0.25) is 0 Å². The van der Waals surface area contributed by atoms with Crippen LogP contribution in [0.15, 0.2) is 48.4 Å². The van der Waals surface area contributed by atoms with Crippen LogP contribution in [0.3, 0.4) is 0 Å². The Labute approximate surface area is 143 Å². The summed E-state index contributed by atoms with van der Waals surface area (Å²) in [4.78, 5) is 4.05. The molecule has 2 aromatic rings. The standard InChI is InChI=1S/C18H23N3O2S/c1-16-2-4-17(5-3-16)8-13-24(22,23)21-10-6-18(7-11-21)14-20-12-9-19-15-20/h2-5,8-9,12-13,15,18H,6-7,10-11,14H2,1H3/b13-8+. The molecule has 2 heterocycles. The second kappa shape index (κ2) is 7.32. The van der Waals surface area contributed by atoms with Crippen molar-refractivity contribution in [1.29, 1.82) is 0 Å². The van der Waals surface area contributed by atoms with Crippen molar-refractivity contribution in [3.63, 3.8) is 0 Å². The zero-order valence-electron chi connectivity index (χ0n) is 13.9. The SMILES string of the molecule is Cc1ccc(/C=C/S(=O)(=O)N2CCC(Cn3ccnc3)CC2)cc1. The molecule has 24 heavy (non-hydrogen) atoms. The first-order chi connectivity index (χ1) is 11.5. The molecule has 0 aliphatic carbocycles. The quantitative estimate of drug-likeness (QED) is 0.837. The molecular weight excluding hydrogens is 322 g/mol. The Bertz CT molecular complexity index is 772. The fourth-order valence-corrected chi connectivity index (χ4v) is 4.19. The van der Waals surface area contributed by atoms with Crippen LogP contribution in [0.4, 0.5) is 0 Å². The van der Waals surface area contributed by atoms with Crippen molar-refractivity contribution in [3.8, 4) is 0 Å². The van der Waals surface area contributed by atoms with Gasteiger partial charge in [-0.25, -0.2) is 13.4 Å². The van der Waals surface area contributed by atoms with Crippen molar-refractivity contribution >= 4 is 16.1 Å². The number of aromatic nitrogens is 2. The van der Waals surface area contributed by atoms with E-state index in [1.165, 1.54) is 5.41 Å². The van der Waals surface area contributed by atoms with Crippen LogP contribution in [-0.2, 0) is 16.6 Å². The summed E-state index contributed by atoms with van der Waals surface area (Å²) >= 11 is 0. The van der Waals surface area contributed by atoms with Crippen LogP contribution in [0, 0.1) is 12.8 Å². The van der Waals surface area contributed by atoms with E-state index in [0.29, 0.717) is 19.0 Å². The van der Waals surface area contributed by atoms with Gasteiger partial charge >= 0.3 is 0 Å². The van der Waals surface area contributed by atoms with E-state index in [2.05, 4.69) is 9.55 Å². The van der Waals surface area contributed by atoms with Gasteiger partial charge in [-0.2, -0.15) is 4.31 Å². The van der Waals surface area contributed by atoms with E-state index in [9.17, 15) is 8.42 Å². The van der Waals surface area contributed by atoms with Crippen molar-refractivity contribution in [2.24, 2.45) is 5.92 Å². The number of hydrogen-bond donors (Lipinski definition) is 0. The lowest BCUT2D eigenvalue weighted by Crippen LogP contribution is -2.38. The summed E-state index contributed by atoms with van der Waals surface area (Å²) in [5, 5.41) is 1.33. The Kier molecular flexibility index (Phi) is 5.16. The largest absolute Gasteiger partial charge is 0.337 e. The molecular formula is C18H23N3O2S. The number of hydrogen-bond acceptors (Lipinski definition) is 3. The molecule has 0 atom stereocenters. The third-order valence-electron chi connectivity index (χ3n) is 4.47. The van der Waals surface area contributed by atoms with Gasteiger partial charge in [0.25, 0.3) is 0 Å². The number of aryl methyl sites for hydroxylation is 1. The lowest BCUT2D eigenvalue weighted by Gasteiger charge is -2.30. The highest BCUT2D eigenvalue weighted by Gasteiger charge is 2.26. The lowest BCUT2D eigenvalue weighted by atomic mass is 9.98. The Balaban J connectivity index is 1.57. The number of piperidine rings is 1. The molecule has 1 saturated heterocycles. The van der Waals surface area contributed by atoms with E-state index in [0.717, 1.165) is 30.5 Å². The molecule has 3 rings (SSSR count). The maximum atomic E-state index is 12.5. The van der Waals surface area contributed by atoms with Gasteiger partial charge < -0.3 is 4.57 Å². The number of benzene rings is 1. The van der Waals surface area contributed by atoms with Crippen LogP contribution in [0.5, 0.6) is 0 Å². The molecule has 0 radical (unpaired) electrons. The summed E-state index contributed by atoms with van der Waals surface area (Å²) in [5.41, 5.74) is 2.06. The molecule has 5 nitrogen and oxygen atoms in total. The molecule has 6 heteroatoms. The van der Waals surface area contributed by atoms with Gasteiger partial charge in [0.05, 0.1) is 6.33 Å². The van der Waals surface area contributed by atoms with Crippen molar-refractivity contribution < 1.29 is 8.42 Å². The zero-order chi connectivity index (χ0) is 17.0. The summed E-state index contributed by atoms with van der Waals surface area (Å²) in [5.74, 6) is 0.506. The molecule has 0 spiro atoms. The van der Waals surface area contributed by atoms with Crippen molar-refractivity contribution in [2.75, 3.05) is 13.1 Å². The predicted octanol–water partition coefficient (Wildman–Crippen LogP) is 2.90. The first-order valence-corrected chi connectivity index (χ1v) is 9.74. The van der Waals surface area contributed by atoms with E-state index >= 15 is 0 Å². The lowest BCUT2D eigenvalue weighted by molar-refractivity contribution is 0.254. The summed E-state index contributed by atoms with van der Waals surface area (Å²) in [6.45, 7) is 4.09. The van der Waals surface area contributed by atoms with Gasteiger partial charge in [-0.05, 0) is 37.3 Å². The highest BCUT2D eigenvalue weighted by molar-refractivity contribution is 7.92. The summed E-state index contributed by atoms with van der Waals surface area (Å²) < 4.78 is 28.6. The summed E-state index contributed by atoms with van der Waals surface area (Å²) in [7, 11) is -3.34. The predicted molar refractivity (Wildman–Crippen MR) is 95.7 cm³/mol. The van der Waals surface area contributed by atoms with Crippen LogP contribution in [0.25, 0.3) is 6.08 Å². The van der Waals surface area contributed by atoms with E-state index in [1.807, 2.05) is 43.7 Å². The van der Waals surface area contributed by atoms with Gasteiger partial charge in [-0.1, -0.05) is 29.8 Å². The molecule has 1 aromatic heterocycles. The van der Waals surface area contributed by atoms with E-state index < -0.39 is 10.0 Å². The summed E-state index contributed by atoms with van der Waals surface area (Å²) in [6.07, 6.45) is 8.98. The number of rotatable bonds is 5. The smallest absolute Gasteiger partial charge is 0.236 e. The third kappa shape index (κ3) is 4.33. The molecule has 1 aliphatic heterocycles. The monoisotopic (exact) mass is 345 g/mol. The molecule has 0 amide bonds. The van der Waals surface area contributed by atoms with Crippen molar-refractivity contribution in [1.82, 2.24) is 13.9 Å². The Morgan fingerprint density at radius 2 is 1.92 bits per heavy atom. The summed E-state index contributed by atoms with van der Waals surface area (Å²) in [6, 6.07) is 7.82. The van der Waals surface area contributed by atoms with Gasteiger partial charge in [0, 0.05) is 37.4 Å². The van der Waals surface area contributed by atoms with Gasteiger partial charge in [-0.15, -0.1) is 0 Å². The fourth-order valence-electron chi connectivity index (χ4n) is 2.97. The Hall–Kier alpha value is -1.92. The number of nitrogens with zero attached hydrogens (tertiary/aromatic N) is 3. The average Bonchev–Trinajstić information content (AvgIpc) is 3.08. The zero-order valence-corrected chi connectivity index (χ0v) is 14.7. The van der Waals surface area contributed by atoms with E-state index in [4.69, 9.17) is 0 Å². The van der Waals surface area contributed by atoms with E-state index in [-0.39, 0.29) is 0 Å². The first-order valence-electron chi connectivity index (χ1n) is 8.23. The van der Waals surface area contributed by atoms with E-state index in [1.54, 1.807) is 16.6 Å². The van der Waals surface area contributed by atoms with Crippen LogP contribution in [-0.4, -0.2) is 35.4 Å². The topological polar surface area (TPSA) is 55.2 Å². The third-order valence-corrected chi connectivity index (χ3v) is 6.04. The molecule has 128 valence electrons. The molecule has 0 saturated carbocycles. The molecule has 1 aromatic carbocycles. The molecule has 0 bridgehead atoms. The van der Waals surface area contributed by atoms with Crippen LogP contribution >= 0.6 is 0 Å². The van der Waals surface area contributed by atoms with Crippen molar-refractivity contribution in [2.45, 2.75) is 26.3 Å². The Morgan fingerprint density at radius 3 is 2.54 bits per heavy atom. The van der Waals surface area contributed by atoms with Gasteiger partial charge in [0.15, 0.2) is 0 Å². The van der Waals surface area contributed by atoms with Crippen LogP contribution < -0.4 is 0 Å². The first kappa shape index (κ1) is 16.9. The second-order valence-electron chi connectivity index (χ2n) is 6.36. The molecule has 1 fully saturated rings. The van der Waals surface area contributed by atoms with Crippen LogP contribution in [0.2, 0.25) is 0 Å². The highest BCUT2D eigenvalue weighted by atomic mass is 32.2. The van der Waals surface area contributed by atoms with Crippen molar-refractivity contribution in [3.05, 3.63) is 59.5 Å². The van der Waals surface area contributed by atoms with Gasteiger partial charge in [0.1, 0.15) is 0 Å². The number of imidazole rings is 1. The maximum absolute atomic E-state index is 12.5. The average molecular weight is 345 g/mol. The second-order valence-corrected chi connectivity index (χ2v) is 8.18. The van der Waals surface area contributed by atoms with Gasteiger partial charge in [0.2, 0.25) is 10.0 Å². The minimum atomic E-state index is -3.34. The number of sulfonamides is 1. The fraction of sp³-hybridized carbons (Fsp3) is 0.389.